The molecule has 146 valence electrons. The molecule has 0 bridgehead atoms. The molecule has 3 aromatic rings. The molecule has 0 aliphatic rings. The van der Waals surface area contributed by atoms with Gasteiger partial charge in [-0.15, -0.1) is 0 Å². The molecule has 0 fully saturated rings. The van der Waals surface area contributed by atoms with Gasteiger partial charge in [-0.3, -0.25) is 0 Å². The molecule has 0 radical (unpaired) electrons. The van der Waals surface area contributed by atoms with E-state index in [-0.39, 0.29) is 11.1 Å². The van der Waals surface area contributed by atoms with Gasteiger partial charge in [0.25, 0.3) is 0 Å². The number of hydrogen-bond acceptors (Lipinski definition) is 3. The third-order valence-electron chi connectivity index (χ3n) is 4.56. The van der Waals surface area contributed by atoms with Crippen LogP contribution in [0.1, 0.15) is 48.0 Å². The number of benzene rings is 2. The Balaban J connectivity index is 2.19. The van der Waals surface area contributed by atoms with Gasteiger partial charge < -0.3 is 10.4 Å². The lowest BCUT2D eigenvalue weighted by molar-refractivity contribution is 0.0693. The topological polar surface area (TPSA) is 67.2 Å². The fourth-order valence-electron chi connectivity index (χ4n) is 2.95. The van der Waals surface area contributed by atoms with Crippen molar-refractivity contribution in [2.45, 2.75) is 40.0 Å². The maximum absolute atomic E-state index is 14.1. The van der Waals surface area contributed by atoms with Crippen LogP contribution in [-0.4, -0.2) is 20.9 Å². The van der Waals surface area contributed by atoms with E-state index in [0.717, 1.165) is 28.6 Å². The van der Waals surface area contributed by atoms with Crippen molar-refractivity contribution in [2.24, 2.45) is 0 Å². The van der Waals surface area contributed by atoms with Crippen LogP contribution in [0.3, 0.4) is 0 Å². The predicted molar refractivity (Wildman–Crippen MR) is 108 cm³/mol. The van der Waals surface area contributed by atoms with Crippen LogP contribution in [0, 0.1) is 19.7 Å². The Morgan fingerprint density at radius 3 is 2.50 bits per heavy atom. The number of nitrogens with one attached hydrogen (secondary N) is 1. The van der Waals surface area contributed by atoms with Crippen molar-refractivity contribution in [1.29, 1.82) is 0 Å². The van der Waals surface area contributed by atoms with E-state index < -0.39 is 17.3 Å². The fourth-order valence-corrected chi connectivity index (χ4v) is 2.95. The molecule has 0 aliphatic heterocycles. The first-order valence-corrected chi connectivity index (χ1v) is 9.05. The minimum absolute atomic E-state index is 0.180. The average molecular weight is 381 g/mol. The number of hydrogen-bond donors (Lipinski definition) is 2. The second-order valence-electron chi connectivity index (χ2n) is 7.96. The number of aromatic nitrogens is 2. The van der Waals surface area contributed by atoms with Crippen LogP contribution < -0.4 is 5.32 Å². The Bertz CT molecular complexity index is 1050. The second kappa shape index (κ2) is 7.11. The maximum Gasteiger partial charge on any atom is 0.340 e. The Morgan fingerprint density at radius 1 is 1.14 bits per heavy atom. The number of rotatable bonds is 4. The van der Waals surface area contributed by atoms with E-state index in [1.807, 2.05) is 38.1 Å². The number of anilines is 2. The molecule has 2 aromatic carbocycles. The van der Waals surface area contributed by atoms with Crippen molar-refractivity contribution >= 4 is 17.5 Å². The summed E-state index contributed by atoms with van der Waals surface area (Å²) in [6, 6.07) is 12.1. The molecule has 3 rings (SSSR count). The van der Waals surface area contributed by atoms with Crippen LogP contribution in [0.5, 0.6) is 0 Å². The summed E-state index contributed by atoms with van der Waals surface area (Å²) in [5.41, 5.74) is 3.39. The molecular formula is C22H24FN3O2. The molecule has 0 atom stereocenters. The van der Waals surface area contributed by atoms with Crippen molar-refractivity contribution in [1.82, 2.24) is 9.78 Å². The standard InChI is InChI=1S/C22H24FN3O2/c1-13-9-10-14(2)17(11-13)26-19(12-18(25-26)22(3,4)5)24-16-8-6-7-15(23)20(16)21(27)28/h6-12,24H,1-5H3,(H,27,28). The lowest BCUT2D eigenvalue weighted by Gasteiger charge is -2.15. The molecule has 6 heteroatoms. The van der Waals surface area contributed by atoms with Gasteiger partial charge in [-0.1, -0.05) is 39.0 Å². The average Bonchev–Trinajstić information content (AvgIpc) is 3.01. The minimum atomic E-state index is -1.32. The van der Waals surface area contributed by atoms with Crippen LogP contribution in [-0.2, 0) is 5.41 Å². The lowest BCUT2D eigenvalue weighted by Crippen LogP contribution is -2.13. The number of halogens is 1. The van der Waals surface area contributed by atoms with E-state index >= 15 is 0 Å². The van der Waals surface area contributed by atoms with Crippen molar-refractivity contribution in [3.63, 3.8) is 0 Å². The number of aryl methyl sites for hydroxylation is 2. The van der Waals surface area contributed by atoms with E-state index in [2.05, 4.69) is 26.1 Å². The van der Waals surface area contributed by atoms with Gasteiger partial charge in [0.05, 0.1) is 17.1 Å². The summed E-state index contributed by atoms with van der Waals surface area (Å²) in [5.74, 6) is -1.53. The van der Waals surface area contributed by atoms with E-state index in [0.29, 0.717) is 5.82 Å². The Labute approximate surface area is 163 Å². The molecule has 1 aromatic heterocycles. The summed E-state index contributed by atoms with van der Waals surface area (Å²) in [6.07, 6.45) is 0. The van der Waals surface area contributed by atoms with E-state index in [1.54, 1.807) is 10.7 Å². The van der Waals surface area contributed by atoms with Gasteiger partial charge in [-0.05, 0) is 43.2 Å². The molecule has 0 aliphatic carbocycles. The van der Waals surface area contributed by atoms with Crippen LogP contribution in [0.2, 0.25) is 0 Å². The van der Waals surface area contributed by atoms with Gasteiger partial charge in [0.2, 0.25) is 0 Å². The zero-order valence-corrected chi connectivity index (χ0v) is 16.7. The molecule has 5 nitrogen and oxygen atoms in total. The number of nitrogens with zero attached hydrogens (tertiary/aromatic N) is 2. The van der Waals surface area contributed by atoms with Crippen molar-refractivity contribution in [3.8, 4) is 5.69 Å². The predicted octanol–water partition coefficient (Wildman–Crippen LogP) is 5.37. The highest BCUT2D eigenvalue weighted by molar-refractivity contribution is 5.95. The van der Waals surface area contributed by atoms with Crippen molar-refractivity contribution < 1.29 is 14.3 Å². The second-order valence-corrected chi connectivity index (χ2v) is 7.96. The van der Waals surface area contributed by atoms with Crippen LogP contribution >= 0.6 is 0 Å². The van der Waals surface area contributed by atoms with Gasteiger partial charge in [-0.2, -0.15) is 5.10 Å². The Morgan fingerprint density at radius 2 is 1.86 bits per heavy atom. The van der Waals surface area contributed by atoms with E-state index in [4.69, 9.17) is 5.10 Å². The number of carbonyl (C=O) groups is 1. The first-order valence-electron chi connectivity index (χ1n) is 9.05. The number of carboxylic acid groups (broad SMARTS) is 1. The maximum atomic E-state index is 14.1. The summed E-state index contributed by atoms with van der Waals surface area (Å²) in [6.45, 7) is 10.1. The van der Waals surface area contributed by atoms with Crippen molar-refractivity contribution in [2.75, 3.05) is 5.32 Å². The first kappa shape index (κ1) is 19.6. The SMILES string of the molecule is Cc1ccc(C)c(-n2nc(C(C)(C)C)cc2Nc2cccc(F)c2C(=O)O)c1. The van der Waals surface area contributed by atoms with Gasteiger partial charge in [0.15, 0.2) is 0 Å². The van der Waals surface area contributed by atoms with Gasteiger partial charge >= 0.3 is 5.97 Å². The highest BCUT2D eigenvalue weighted by atomic mass is 19.1. The fraction of sp³-hybridized carbons (Fsp3) is 0.273. The molecule has 0 unspecified atom stereocenters. The lowest BCUT2D eigenvalue weighted by atomic mass is 9.92. The van der Waals surface area contributed by atoms with Crippen LogP contribution in [0.4, 0.5) is 15.9 Å². The highest BCUT2D eigenvalue weighted by Gasteiger charge is 2.23. The Kier molecular flexibility index (Phi) is 4.98. The zero-order valence-electron chi connectivity index (χ0n) is 16.7. The number of carboxylic acids is 1. The Hall–Kier alpha value is -3.15. The van der Waals surface area contributed by atoms with Gasteiger partial charge in [-0.25, -0.2) is 13.9 Å². The van der Waals surface area contributed by atoms with Gasteiger partial charge in [0, 0.05) is 11.5 Å². The minimum Gasteiger partial charge on any atom is -0.478 e. The number of aromatic carboxylic acids is 1. The van der Waals surface area contributed by atoms with Crippen LogP contribution in [0.25, 0.3) is 5.69 Å². The summed E-state index contributed by atoms with van der Waals surface area (Å²) in [5, 5.41) is 17.3. The van der Waals surface area contributed by atoms with Gasteiger partial charge in [0.1, 0.15) is 17.2 Å². The normalized spacial score (nSPS) is 11.5. The van der Waals surface area contributed by atoms with E-state index in [1.165, 1.54) is 6.07 Å². The molecular weight excluding hydrogens is 357 g/mol. The van der Waals surface area contributed by atoms with Crippen LogP contribution in [0.15, 0.2) is 42.5 Å². The molecule has 0 saturated heterocycles. The quantitative estimate of drug-likeness (QED) is 0.638. The summed E-state index contributed by atoms with van der Waals surface area (Å²) >= 11 is 0. The largest absolute Gasteiger partial charge is 0.478 e. The van der Waals surface area contributed by atoms with E-state index in [9.17, 15) is 14.3 Å². The summed E-state index contributed by atoms with van der Waals surface area (Å²) in [4.78, 5) is 11.5. The summed E-state index contributed by atoms with van der Waals surface area (Å²) in [7, 11) is 0. The third-order valence-corrected chi connectivity index (χ3v) is 4.56. The monoisotopic (exact) mass is 381 g/mol. The smallest absolute Gasteiger partial charge is 0.340 e. The molecule has 2 N–H and O–H groups in total. The molecule has 0 spiro atoms. The first-order chi connectivity index (χ1) is 13.1. The molecule has 0 amide bonds. The summed E-state index contributed by atoms with van der Waals surface area (Å²) < 4.78 is 15.8. The molecule has 28 heavy (non-hydrogen) atoms. The molecule has 0 saturated carbocycles. The highest BCUT2D eigenvalue weighted by Crippen LogP contribution is 2.31. The third kappa shape index (κ3) is 3.76. The van der Waals surface area contributed by atoms with Crippen molar-refractivity contribution in [3.05, 3.63) is 70.7 Å². The zero-order chi connectivity index (χ0) is 20.6. The molecule has 1 heterocycles.